The second kappa shape index (κ2) is 9.02. The predicted octanol–water partition coefficient (Wildman–Crippen LogP) is 3.22. The summed E-state index contributed by atoms with van der Waals surface area (Å²) < 4.78 is 1.95. The van der Waals surface area contributed by atoms with Crippen molar-refractivity contribution in [3.8, 4) is 0 Å². The van der Waals surface area contributed by atoms with Crippen LogP contribution in [0.3, 0.4) is 0 Å². The Hall–Kier alpha value is -1.85. The largest absolute Gasteiger partial charge is 0.350 e. The van der Waals surface area contributed by atoms with Crippen LogP contribution in [0.5, 0.6) is 0 Å². The Balaban J connectivity index is 0.00000312. The predicted molar refractivity (Wildman–Crippen MR) is 104 cm³/mol. The van der Waals surface area contributed by atoms with Crippen LogP contribution < -0.4 is 11.1 Å². The van der Waals surface area contributed by atoms with Gasteiger partial charge in [0.05, 0.1) is 12.2 Å². The van der Waals surface area contributed by atoms with Crippen molar-refractivity contribution in [3.63, 3.8) is 0 Å². The van der Waals surface area contributed by atoms with Crippen LogP contribution in [-0.2, 0) is 6.54 Å². The SMILES string of the molecule is CCC(N)(CC)CNC(=O)c1cccc(Cn2nc(C)cc2C)c1.Cl. The number of halogens is 1. The molecule has 2 rings (SSSR count). The molecule has 0 atom stereocenters. The zero-order chi connectivity index (χ0) is 17.7. The second-order valence-corrected chi connectivity index (χ2v) is 6.54. The van der Waals surface area contributed by atoms with E-state index in [-0.39, 0.29) is 23.9 Å². The van der Waals surface area contributed by atoms with E-state index in [9.17, 15) is 4.79 Å². The van der Waals surface area contributed by atoms with E-state index in [4.69, 9.17) is 5.73 Å². The van der Waals surface area contributed by atoms with Gasteiger partial charge in [-0.05, 0) is 50.5 Å². The summed E-state index contributed by atoms with van der Waals surface area (Å²) >= 11 is 0. The third-order valence-corrected chi connectivity index (χ3v) is 4.63. The Morgan fingerprint density at radius 2 is 1.92 bits per heavy atom. The van der Waals surface area contributed by atoms with Gasteiger partial charge in [0.25, 0.3) is 5.91 Å². The molecule has 1 amide bonds. The number of carbonyl (C=O) groups is 1. The van der Waals surface area contributed by atoms with Gasteiger partial charge in [-0.3, -0.25) is 9.48 Å². The molecule has 0 spiro atoms. The van der Waals surface area contributed by atoms with E-state index >= 15 is 0 Å². The van der Waals surface area contributed by atoms with Crippen LogP contribution in [0.15, 0.2) is 30.3 Å². The van der Waals surface area contributed by atoms with Crippen molar-refractivity contribution in [1.82, 2.24) is 15.1 Å². The van der Waals surface area contributed by atoms with Crippen molar-refractivity contribution in [3.05, 3.63) is 52.8 Å². The molecule has 1 aromatic carbocycles. The summed E-state index contributed by atoms with van der Waals surface area (Å²) in [5, 5.41) is 7.43. The highest BCUT2D eigenvalue weighted by Crippen LogP contribution is 2.12. The molecule has 3 N–H and O–H groups in total. The molecular weight excluding hydrogens is 336 g/mol. The first-order valence-corrected chi connectivity index (χ1v) is 8.54. The number of hydrogen-bond donors (Lipinski definition) is 2. The highest BCUT2D eigenvalue weighted by Gasteiger charge is 2.21. The van der Waals surface area contributed by atoms with Crippen molar-refractivity contribution in [2.75, 3.05) is 6.54 Å². The Labute approximate surface area is 156 Å². The molecule has 2 aromatic rings. The number of amides is 1. The molecule has 25 heavy (non-hydrogen) atoms. The lowest BCUT2D eigenvalue weighted by molar-refractivity contribution is 0.0942. The molecule has 0 fully saturated rings. The maximum atomic E-state index is 12.4. The van der Waals surface area contributed by atoms with Crippen LogP contribution in [-0.4, -0.2) is 27.8 Å². The first-order chi connectivity index (χ1) is 11.4. The van der Waals surface area contributed by atoms with Gasteiger partial charge in [-0.1, -0.05) is 26.0 Å². The number of nitrogens with two attached hydrogens (primary N) is 1. The van der Waals surface area contributed by atoms with E-state index in [1.807, 2.05) is 62.7 Å². The molecule has 0 aliphatic heterocycles. The highest BCUT2D eigenvalue weighted by atomic mass is 35.5. The van der Waals surface area contributed by atoms with Gasteiger partial charge in [0, 0.05) is 23.3 Å². The summed E-state index contributed by atoms with van der Waals surface area (Å²) in [4.78, 5) is 12.4. The molecule has 0 aliphatic rings. The monoisotopic (exact) mass is 364 g/mol. The average Bonchev–Trinajstić information content (AvgIpc) is 2.90. The zero-order valence-electron chi connectivity index (χ0n) is 15.5. The lowest BCUT2D eigenvalue weighted by Gasteiger charge is -2.26. The van der Waals surface area contributed by atoms with Gasteiger partial charge in [-0.2, -0.15) is 5.10 Å². The van der Waals surface area contributed by atoms with Gasteiger partial charge >= 0.3 is 0 Å². The summed E-state index contributed by atoms with van der Waals surface area (Å²) in [7, 11) is 0. The highest BCUT2D eigenvalue weighted by molar-refractivity contribution is 5.94. The number of carbonyl (C=O) groups excluding carboxylic acids is 1. The molecule has 0 aliphatic carbocycles. The molecule has 6 heteroatoms. The number of nitrogens with one attached hydrogen (secondary N) is 1. The molecule has 0 radical (unpaired) electrons. The van der Waals surface area contributed by atoms with E-state index in [0.717, 1.165) is 29.8 Å². The lowest BCUT2D eigenvalue weighted by Crippen LogP contribution is -2.49. The number of aromatic nitrogens is 2. The van der Waals surface area contributed by atoms with Crippen LogP contribution in [0.4, 0.5) is 0 Å². The van der Waals surface area contributed by atoms with E-state index < -0.39 is 0 Å². The van der Waals surface area contributed by atoms with E-state index in [1.165, 1.54) is 0 Å². The van der Waals surface area contributed by atoms with Crippen LogP contribution in [0.25, 0.3) is 0 Å². The van der Waals surface area contributed by atoms with Gasteiger partial charge in [-0.25, -0.2) is 0 Å². The maximum Gasteiger partial charge on any atom is 0.251 e. The molecule has 0 bridgehead atoms. The molecule has 1 aromatic heterocycles. The molecule has 5 nitrogen and oxygen atoms in total. The Kier molecular flexibility index (Phi) is 7.64. The fourth-order valence-electron chi connectivity index (χ4n) is 2.68. The van der Waals surface area contributed by atoms with Crippen LogP contribution in [0.1, 0.15) is 54.0 Å². The summed E-state index contributed by atoms with van der Waals surface area (Å²) in [6, 6.07) is 9.72. The molecular formula is C19H29ClN4O. The van der Waals surface area contributed by atoms with E-state index in [0.29, 0.717) is 18.7 Å². The topological polar surface area (TPSA) is 72.9 Å². The minimum absolute atomic E-state index is 0. The van der Waals surface area contributed by atoms with Crippen molar-refractivity contribution in [1.29, 1.82) is 0 Å². The Bertz CT molecular complexity index is 707. The standard InChI is InChI=1S/C19H28N4O.ClH/c1-5-19(20,6-2)13-21-18(24)17-9-7-8-16(11-17)12-23-15(4)10-14(3)22-23;/h7-11H,5-6,12-13,20H2,1-4H3,(H,21,24);1H. The molecule has 0 saturated carbocycles. The van der Waals surface area contributed by atoms with Gasteiger partial charge in [-0.15, -0.1) is 12.4 Å². The fourth-order valence-corrected chi connectivity index (χ4v) is 2.68. The van der Waals surface area contributed by atoms with Gasteiger partial charge in [0.1, 0.15) is 0 Å². The third kappa shape index (κ3) is 5.58. The summed E-state index contributed by atoms with van der Waals surface area (Å²) in [5.41, 5.74) is 9.73. The van der Waals surface area contributed by atoms with Crippen LogP contribution >= 0.6 is 12.4 Å². The number of hydrogen-bond acceptors (Lipinski definition) is 3. The van der Waals surface area contributed by atoms with Crippen molar-refractivity contribution in [2.24, 2.45) is 5.73 Å². The number of aryl methyl sites for hydroxylation is 2. The first-order valence-electron chi connectivity index (χ1n) is 8.54. The molecule has 138 valence electrons. The summed E-state index contributed by atoms with van der Waals surface area (Å²) in [5.74, 6) is -0.0815. The molecule has 1 heterocycles. The second-order valence-electron chi connectivity index (χ2n) is 6.54. The zero-order valence-corrected chi connectivity index (χ0v) is 16.3. The van der Waals surface area contributed by atoms with Gasteiger partial charge < -0.3 is 11.1 Å². The number of rotatable bonds is 7. The molecule has 0 saturated heterocycles. The summed E-state index contributed by atoms with van der Waals surface area (Å²) in [6.07, 6.45) is 1.67. The summed E-state index contributed by atoms with van der Waals surface area (Å²) in [6.45, 7) is 9.25. The number of nitrogens with zero attached hydrogens (tertiary/aromatic N) is 2. The van der Waals surface area contributed by atoms with E-state index in [2.05, 4.69) is 10.4 Å². The maximum absolute atomic E-state index is 12.4. The minimum Gasteiger partial charge on any atom is -0.350 e. The third-order valence-electron chi connectivity index (χ3n) is 4.63. The van der Waals surface area contributed by atoms with Crippen molar-refractivity contribution in [2.45, 2.75) is 52.6 Å². The first kappa shape index (κ1) is 21.2. The normalized spacial score (nSPS) is 11.1. The minimum atomic E-state index is -0.336. The Morgan fingerprint density at radius 3 is 2.48 bits per heavy atom. The van der Waals surface area contributed by atoms with Crippen LogP contribution in [0.2, 0.25) is 0 Å². The Morgan fingerprint density at radius 1 is 1.24 bits per heavy atom. The van der Waals surface area contributed by atoms with Crippen molar-refractivity contribution < 1.29 is 4.79 Å². The number of benzene rings is 1. The van der Waals surface area contributed by atoms with Crippen molar-refractivity contribution >= 4 is 18.3 Å². The van der Waals surface area contributed by atoms with Crippen LogP contribution in [0, 0.1) is 13.8 Å². The van der Waals surface area contributed by atoms with E-state index in [1.54, 1.807) is 0 Å². The smallest absolute Gasteiger partial charge is 0.251 e. The fraction of sp³-hybridized carbons (Fsp3) is 0.474. The van der Waals surface area contributed by atoms with Gasteiger partial charge in [0.15, 0.2) is 0 Å². The lowest BCUT2D eigenvalue weighted by atomic mass is 9.94. The average molecular weight is 365 g/mol. The van der Waals surface area contributed by atoms with Gasteiger partial charge in [0.2, 0.25) is 0 Å². The molecule has 0 unspecified atom stereocenters. The quantitative estimate of drug-likeness (QED) is 0.792.